The van der Waals surface area contributed by atoms with Gasteiger partial charge in [0.05, 0.1) is 21.9 Å². The lowest BCUT2D eigenvalue weighted by Gasteiger charge is -2.10. The summed E-state index contributed by atoms with van der Waals surface area (Å²) in [6.07, 6.45) is 2.10. The van der Waals surface area contributed by atoms with Crippen LogP contribution in [0.25, 0.3) is 10.9 Å². The normalized spacial score (nSPS) is 10.5. The van der Waals surface area contributed by atoms with Crippen molar-refractivity contribution in [2.75, 3.05) is 17.2 Å². The lowest BCUT2D eigenvalue weighted by molar-refractivity contribution is -0.115. The van der Waals surface area contributed by atoms with E-state index in [0.29, 0.717) is 23.7 Å². The predicted molar refractivity (Wildman–Crippen MR) is 94.9 cm³/mol. The molecule has 0 unspecified atom stereocenters. The number of carbonyl (C=O) groups is 1. The maximum atomic E-state index is 12.0. The van der Waals surface area contributed by atoms with Gasteiger partial charge in [-0.1, -0.05) is 41.9 Å². The SMILES string of the molecule is O=C(CCNc1cccc2cccnc12)Nc1ccccc1Cl. The van der Waals surface area contributed by atoms with Crippen molar-refractivity contribution < 1.29 is 4.79 Å². The van der Waals surface area contributed by atoms with Crippen LogP contribution < -0.4 is 10.6 Å². The molecule has 0 aliphatic rings. The maximum Gasteiger partial charge on any atom is 0.226 e. The number of fused-ring (bicyclic) bond motifs is 1. The van der Waals surface area contributed by atoms with E-state index < -0.39 is 0 Å². The Hall–Kier alpha value is -2.59. The fourth-order valence-corrected chi connectivity index (χ4v) is 2.52. The molecule has 0 atom stereocenters. The lowest BCUT2D eigenvalue weighted by Crippen LogP contribution is -2.16. The third-order valence-electron chi connectivity index (χ3n) is 3.45. The first kappa shape index (κ1) is 15.3. The molecule has 2 aromatic carbocycles. The molecule has 1 heterocycles. The molecule has 0 saturated carbocycles. The molecule has 1 amide bonds. The smallest absolute Gasteiger partial charge is 0.226 e. The molecule has 0 fully saturated rings. The van der Waals surface area contributed by atoms with E-state index in [9.17, 15) is 4.79 Å². The van der Waals surface area contributed by atoms with Crippen LogP contribution in [0.15, 0.2) is 60.8 Å². The van der Waals surface area contributed by atoms with Gasteiger partial charge in [-0.05, 0) is 24.3 Å². The fourth-order valence-electron chi connectivity index (χ4n) is 2.33. The topological polar surface area (TPSA) is 54.0 Å². The molecule has 2 N–H and O–H groups in total. The van der Waals surface area contributed by atoms with Crippen LogP contribution in [-0.2, 0) is 4.79 Å². The van der Waals surface area contributed by atoms with Crippen LogP contribution in [0.5, 0.6) is 0 Å². The van der Waals surface area contributed by atoms with Crippen molar-refractivity contribution in [3.8, 4) is 0 Å². The molecule has 0 aliphatic carbocycles. The van der Waals surface area contributed by atoms with Crippen LogP contribution in [-0.4, -0.2) is 17.4 Å². The number of benzene rings is 2. The molecule has 1 aromatic heterocycles. The van der Waals surface area contributed by atoms with E-state index in [1.807, 2.05) is 42.5 Å². The molecular formula is C18H16ClN3O. The molecule has 116 valence electrons. The Morgan fingerprint density at radius 1 is 1.00 bits per heavy atom. The molecule has 0 radical (unpaired) electrons. The van der Waals surface area contributed by atoms with Gasteiger partial charge in [-0.25, -0.2) is 0 Å². The number of nitrogens with zero attached hydrogens (tertiary/aromatic N) is 1. The summed E-state index contributed by atoms with van der Waals surface area (Å²) in [4.78, 5) is 16.4. The number of hydrogen-bond acceptors (Lipinski definition) is 3. The Labute approximate surface area is 139 Å². The maximum absolute atomic E-state index is 12.0. The van der Waals surface area contributed by atoms with E-state index in [1.165, 1.54) is 0 Å². The van der Waals surface area contributed by atoms with Gasteiger partial charge in [0.2, 0.25) is 5.91 Å². The molecule has 3 rings (SSSR count). The molecule has 0 saturated heterocycles. The van der Waals surface area contributed by atoms with Crippen molar-refractivity contribution in [1.82, 2.24) is 4.98 Å². The molecular weight excluding hydrogens is 310 g/mol. The fraction of sp³-hybridized carbons (Fsp3) is 0.111. The van der Waals surface area contributed by atoms with Crippen LogP contribution >= 0.6 is 11.6 Å². The number of hydrogen-bond donors (Lipinski definition) is 2. The highest BCUT2D eigenvalue weighted by Crippen LogP contribution is 2.21. The second-order valence-corrected chi connectivity index (χ2v) is 5.49. The van der Waals surface area contributed by atoms with Gasteiger partial charge in [0.1, 0.15) is 0 Å². The highest BCUT2D eigenvalue weighted by Gasteiger charge is 2.06. The van der Waals surface area contributed by atoms with Crippen molar-refractivity contribution in [2.45, 2.75) is 6.42 Å². The van der Waals surface area contributed by atoms with E-state index in [2.05, 4.69) is 15.6 Å². The van der Waals surface area contributed by atoms with Gasteiger partial charge in [-0.2, -0.15) is 0 Å². The van der Waals surface area contributed by atoms with Crippen LogP contribution in [0, 0.1) is 0 Å². The first-order chi connectivity index (χ1) is 11.2. The van der Waals surface area contributed by atoms with Crippen molar-refractivity contribution in [3.05, 3.63) is 65.8 Å². The highest BCUT2D eigenvalue weighted by molar-refractivity contribution is 6.33. The molecule has 5 heteroatoms. The second kappa shape index (κ2) is 7.11. The Kier molecular flexibility index (Phi) is 4.74. The van der Waals surface area contributed by atoms with Crippen LogP contribution in [0.2, 0.25) is 5.02 Å². The van der Waals surface area contributed by atoms with E-state index in [1.54, 1.807) is 18.3 Å². The summed E-state index contributed by atoms with van der Waals surface area (Å²) in [5, 5.41) is 7.67. The van der Waals surface area contributed by atoms with Gasteiger partial charge in [-0.15, -0.1) is 0 Å². The number of anilines is 2. The summed E-state index contributed by atoms with van der Waals surface area (Å²) >= 11 is 6.02. The Balaban J connectivity index is 1.58. The standard InChI is InChI=1S/C18H16ClN3O/c19-14-7-1-2-8-15(14)22-17(23)10-12-20-16-9-3-5-13-6-4-11-21-18(13)16/h1-9,11,20H,10,12H2,(H,22,23). The largest absolute Gasteiger partial charge is 0.383 e. The minimum atomic E-state index is -0.0844. The number of pyridine rings is 1. The molecule has 23 heavy (non-hydrogen) atoms. The van der Waals surface area contributed by atoms with Crippen molar-refractivity contribution in [3.63, 3.8) is 0 Å². The zero-order chi connectivity index (χ0) is 16.1. The summed E-state index contributed by atoms with van der Waals surface area (Å²) in [5.41, 5.74) is 2.46. The second-order valence-electron chi connectivity index (χ2n) is 5.09. The average molecular weight is 326 g/mol. The number of nitrogens with one attached hydrogen (secondary N) is 2. The Morgan fingerprint density at radius 2 is 1.78 bits per heavy atom. The molecule has 3 aromatic rings. The van der Waals surface area contributed by atoms with Crippen molar-refractivity contribution in [1.29, 1.82) is 0 Å². The van der Waals surface area contributed by atoms with Crippen LogP contribution in [0.4, 0.5) is 11.4 Å². The zero-order valence-corrected chi connectivity index (χ0v) is 13.2. The summed E-state index contributed by atoms with van der Waals surface area (Å²) in [6.45, 7) is 0.520. The van der Waals surface area contributed by atoms with Gasteiger partial charge < -0.3 is 10.6 Å². The molecule has 0 spiro atoms. The number of aromatic nitrogens is 1. The zero-order valence-electron chi connectivity index (χ0n) is 12.4. The van der Waals surface area contributed by atoms with Gasteiger partial charge in [-0.3, -0.25) is 9.78 Å². The number of rotatable bonds is 5. The third kappa shape index (κ3) is 3.79. The third-order valence-corrected chi connectivity index (χ3v) is 3.78. The summed E-state index contributed by atoms with van der Waals surface area (Å²) in [6, 6.07) is 17.0. The summed E-state index contributed by atoms with van der Waals surface area (Å²) in [5.74, 6) is -0.0844. The van der Waals surface area contributed by atoms with Crippen molar-refractivity contribution in [2.24, 2.45) is 0 Å². The van der Waals surface area contributed by atoms with E-state index in [-0.39, 0.29) is 5.91 Å². The predicted octanol–water partition coefficient (Wildman–Crippen LogP) is 4.33. The minimum absolute atomic E-state index is 0.0844. The number of para-hydroxylation sites is 2. The van der Waals surface area contributed by atoms with Gasteiger partial charge >= 0.3 is 0 Å². The van der Waals surface area contributed by atoms with E-state index in [4.69, 9.17) is 11.6 Å². The first-order valence-corrected chi connectivity index (χ1v) is 7.74. The summed E-state index contributed by atoms with van der Waals surface area (Å²) < 4.78 is 0. The first-order valence-electron chi connectivity index (χ1n) is 7.36. The minimum Gasteiger partial charge on any atom is -0.383 e. The summed E-state index contributed by atoms with van der Waals surface area (Å²) in [7, 11) is 0. The Morgan fingerprint density at radius 3 is 2.65 bits per heavy atom. The highest BCUT2D eigenvalue weighted by atomic mass is 35.5. The van der Waals surface area contributed by atoms with Crippen LogP contribution in [0.1, 0.15) is 6.42 Å². The van der Waals surface area contributed by atoms with E-state index >= 15 is 0 Å². The number of halogens is 1. The molecule has 0 bridgehead atoms. The number of amides is 1. The van der Waals surface area contributed by atoms with E-state index in [0.717, 1.165) is 16.6 Å². The quantitative estimate of drug-likeness (QED) is 0.734. The van der Waals surface area contributed by atoms with Crippen LogP contribution in [0.3, 0.4) is 0 Å². The van der Waals surface area contributed by atoms with Crippen molar-refractivity contribution >= 4 is 39.8 Å². The number of carbonyl (C=O) groups excluding carboxylic acids is 1. The monoisotopic (exact) mass is 325 g/mol. The molecule has 0 aliphatic heterocycles. The Bertz CT molecular complexity index is 830. The van der Waals surface area contributed by atoms with Gasteiger partial charge in [0, 0.05) is 24.5 Å². The molecule has 4 nitrogen and oxygen atoms in total. The lowest BCUT2D eigenvalue weighted by atomic mass is 10.2. The van der Waals surface area contributed by atoms with Gasteiger partial charge in [0.15, 0.2) is 0 Å². The van der Waals surface area contributed by atoms with Gasteiger partial charge in [0.25, 0.3) is 0 Å². The average Bonchev–Trinajstić information content (AvgIpc) is 2.57.